The van der Waals surface area contributed by atoms with Crippen molar-refractivity contribution in [3.8, 4) is 0 Å². The molecule has 5 nitrogen and oxygen atoms in total. The number of benzene rings is 1. The second kappa shape index (κ2) is 6.83. The number of hydrogen-bond acceptors (Lipinski definition) is 4. The Morgan fingerprint density at radius 1 is 1.08 bits per heavy atom. The van der Waals surface area contributed by atoms with Gasteiger partial charge in [-0.3, -0.25) is 0 Å². The van der Waals surface area contributed by atoms with Gasteiger partial charge in [0.15, 0.2) is 5.88 Å². The van der Waals surface area contributed by atoms with Crippen molar-refractivity contribution >= 4 is 23.6 Å². The van der Waals surface area contributed by atoms with Gasteiger partial charge in [-0.25, -0.2) is 4.79 Å². The fourth-order valence-electron chi connectivity index (χ4n) is 3.00. The quantitative estimate of drug-likeness (QED) is 0.874. The highest BCUT2D eigenvalue weighted by atomic mass is 16.4. The van der Waals surface area contributed by atoms with E-state index in [0.29, 0.717) is 5.76 Å². The van der Waals surface area contributed by atoms with Gasteiger partial charge in [0.2, 0.25) is 0 Å². The van der Waals surface area contributed by atoms with E-state index in [1.54, 1.807) is 6.07 Å². The average Bonchev–Trinajstić information content (AvgIpc) is 3.05. The van der Waals surface area contributed by atoms with Crippen molar-refractivity contribution in [3.05, 3.63) is 53.3 Å². The molecule has 2 aromatic rings. The van der Waals surface area contributed by atoms with Gasteiger partial charge in [-0.15, -0.1) is 0 Å². The molecular formula is C19H22N2O3. The normalized spacial score (nSPS) is 15.2. The van der Waals surface area contributed by atoms with Crippen LogP contribution in [-0.2, 0) is 4.79 Å². The third-order valence-electron chi connectivity index (χ3n) is 4.51. The number of anilines is 2. The first-order chi connectivity index (χ1) is 11.5. The maximum Gasteiger partial charge on any atom is 0.328 e. The minimum atomic E-state index is -0.977. The molecule has 0 aliphatic carbocycles. The Morgan fingerprint density at radius 3 is 2.50 bits per heavy atom. The van der Waals surface area contributed by atoms with E-state index >= 15 is 0 Å². The van der Waals surface area contributed by atoms with E-state index < -0.39 is 5.97 Å². The molecule has 24 heavy (non-hydrogen) atoms. The lowest BCUT2D eigenvalue weighted by atomic mass is 10.1. The molecule has 3 rings (SSSR count). The lowest BCUT2D eigenvalue weighted by Gasteiger charge is -2.36. The summed E-state index contributed by atoms with van der Waals surface area (Å²) in [7, 11) is 0. The Balaban J connectivity index is 1.65. The van der Waals surface area contributed by atoms with Crippen LogP contribution in [0.5, 0.6) is 0 Å². The molecule has 126 valence electrons. The van der Waals surface area contributed by atoms with E-state index in [-0.39, 0.29) is 0 Å². The van der Waals surface area contributed by atoms with Gasteiger partial charge in [-0.2, -0.15) is 0 Å². The van der Waals surface area contributed by atoms with Gasteiger partial charge in [0.05, 0.1) is 0 Å². The smallest absolute Gasteiger partial charge is 0.328 e. The van der Waals surface area contributed by atoms with E-state index in [4.69, 9.17) is 9.52 Å². The molecule has 0 amide bonds. The molecule has 0 spiro atoms. The van der Waals surface area contributed by atoms with Gasteiger partial charge in [0, 0.05) is 44.0 Å². The third-order valence-corrected chi connectivity index (χ3v) is 4.51. The minimum absolute atomic E-state index is 0.560. The Hall–Kier alpha value is -2.69. The van der Waals surface area contributed by atoms with Crippen LogP contribution < -0.4 is 9.80 Å². The van der Waals surface area contributed by atoms with Gasteiger partial charge in [-0.1, -0.05) is 12.1 Å². The number of carboxylic acids is 1. The minimum Gasteiger partial charge on any atom is -0.478 e. The summed E-state index contributed by atoms with van der Waals surface area (Å²) in [4.78, 5) is 15.2. The Labute approximate surface area is 141 Å². The lowest BCUT2D eigenvalue weighted by Crippen LogP contribution is -2.46. The van der Waals surface area contributed by atoms with Crippen LogP contribution in [0, 0.1) is 13.8 Å². The van der Waals surface area contributed by atoms with E-state index in [1.807, 2.05) is 6.07 Å². The van der Waals surface area contributed by atoms with Crippen LogP contribution in [0.15, 0.2) is 40.8 Å². The highest BCUT2D eigenvalue weighted by molar-refractivity contribution is 5.84. The van der Waals surface area contributed by atoms with Gasteiger partial charge in [0.1, 0.15) is 5.76 Å². The Bertz CT molecular complexity index is 756. The van der Waals surface area contributed by atoms with Crippen LogP contribution in [0.25, 0.3) is 6.08 Å². The summed E-state index contributed by atoms with van der Waals surface area (Å²) in [6, 6.07) is 10.1. The summed E-state index contributed by atoms with van der Waals surface area (Å²) in [5.74, 6) is 0.375. The number of carboxylic acid groups (broad SMARTS) is 1. The van der Waals surface area contributed by atoms with Crippen LogP contribution >= 0.6 is 0 Å². The first-order valence-corrected chi connectivity index (χ1v) is 8.11. The van der Waals surface area contributed by atoms with Crippen LogP contribution in [0.3, 0.4) is 0 Å². The summed E-state index contributed by atoms with van der Waals surface area (Å²) < 4.78 is 5.71. The number of aliphatic carboxylic acids is 1. The number of carbonyl (C=O) groups is 1. The molecule has 1 aromatic heterocycles. The fourth-order valence-corrected chi connectivity index (χ4v) is 3.00. The zero-order valence-corrected chi connectivity index (χ0v) is 14.0. The Kier molecular flexibility index (Phi) is 4.60. The van der Waals surface area contributed by atoms with Crippen molar-refractivity contribution < 1.29 is 14.3 Å². The lowest BCUT2D eigenvalue weighted by molar-refractivity contribution is -0.131. The van der Waals surface area contributed by atoms with Crippen molar-refractivity contribution in [1.29, 1.82) is 0 Å². The number of furan rings is 1. The molecule has 0 radical (unpaired) electrons. The van der Waals surface area contributed by atoms with Crippen molar-refractivity contribution in [2.24, 2.45) is 0 Å². The molecule has 1 N–H and O–H groups in total. The van der Waals surface area contributed by atoms with E-state index in [0.717, 1.165) is 38.1 Å². The molecule has 0 unspecified atom stereocenters. The van der Waals surface area contributed by atoms with Crippen molar-refractivity contribution in [3.63, 3.8) is 0 Å². The summed E-state index contributed by atoms with van der Waals surface area (Å²) >= 11 is 0. The Morgan fingerprint density at radius 2 is 1.79 bits per heavy atom. The molecule has 5 heteroatoms. The predicted octanol–water partition coefficient (Wildman–Crippen LogP) is 3.32. The summed E-state index contributed by atoms with van der Waals surface area (Å²) in [6.07, 6.45) is 2.55. The average molecular weight is 326 g/mol. The number of piperazine rings is 1. The molecule has 0 atom stereocenters. The molecule has 1 aromatic carbocycles. The molecule has 1 saturated heterocycles. The monoisotopic (exact) mass is 326 g/mol. The van der Waals surface area contributed by atoms with Gasteiger partial charge < -0.3 is 19.3 Å². The van der Waals surface area contributed by atoms with E-state index in [2.05, 4.69) is 41.8 Å². The maximum atomic E-state index is 10.6. The number of aryl methyl sites for hydroxylation is 1. The van der Waals surface area contributed by atoms with Crippen LogP contribution in [0.4, 0.5) is 11.6 Å². The number of rotatable bonds is 4. The highest BCUT2D eigenvalue weighted by Crippen LogP contribution is 2.26. The fraction of sp³-hybridized carbons (Fsp3) is 0.316. The molecule has 2 heterocycles. The van der Waals surface area contributed by atoms with Gasteiger partial charge in [0.25, 0.3) is 0 Å². The van der Waals surface area contributed by atoms with Crippen LogP contribution in [0.1, 0.15) is 16.9 Å². The molecular weight excluding hydrogens is 304 g/mol. The van der Waals surface area contributed by atoms with Crippen LogP contribution in [0.2, 0.25) is 0 Å². The molecule has 0 saturated carbocycles. The topological polar surface area (TPSA) is 56.9 Å². The zero-order chi connectivity index (χ0) is 17.1. The highest BCUT2D eigenvalue weighted by Gasteiger charge is 2.20. The maximum absolute atomic E-state index is 10.6. The van der Waals surface area contributed by atoms with Crippen LogP contribution in [-0.4, -0.2) is 37.3 Å². The number of hydrogen-bond donors (Lipinski definition) is 1. The molecule has 0 bridgehead atoms. The summed E-state index contributed by atoms with van der Waals surface area (Å²) in [6.45, 7) is 7.94. The molecule has 1 fully saturated rings. The molecule has 1 aliphatic heterocycles. The zero-order valence-electron chi connectivity index (χ0n) is 14.0. The summed E-state index contributed by atoms with van der Waals surface area (Å²) in [5.41, 5.74) is 3.96. The van der Waals surface area contributed by atoms with Crippen molar-refractivity contribution in [2.75, 3.05) is 36.0 Å². The van der Waals surface area contributed by atoms with Gasteiger partial charge in [-0.05, 0) is 43.2 Å². The first kappa shape index (κ1) is 16.2. The number of nitrogens with zero attached hydrogens (tertiary/aromatic N) is 2. The standard InChI is InChI=1S/C19H22N2O3/c1-14-4-3-5-17(15(14)2)20-10-12-21(13-11-20)18-8-6-16(24-18)7-9-19(22)23/h3-9H,10-13H2,1-2H3,(H,22,23)/b9-7+. The van der Waals surface area contributed by atoms with E-state index in [9.17, 15) is 4.79 Å². The first-order valence-electron chi connectivity index (χ1n) is 8.11. The second-order valence-electron chi connectivity index (χ2n) is 6.04. The SMILES string of the molecule is Cc1cccc(N2CCN(c3ccc(/C=C/C(=O)O)o3)CC2)c1C. The summed E-state index contributed by atoms with van der Waals surface area (Å²) in [5, 5.41) is 8.67. The molecule has 1 aliphatic rings. The third kappa shape index (κ3) is 3.45. The predicted molar refractivity (Wildman–Crippen MR) is 95.7 cm³/mol. The van der Waals surface area contributed by atoms with Crippen molar-refractivity contribution in [1.82, 2.24) is 0 Å². The van der Waals surface area contributed by atoms with Gasteiger partial charge >= 0.3 is 5.97 Å². The second-order valence-corrected chi connectivity index (χ2v) is 6.04. The largest absolute Gasteiger partial charge is 0.478 e. The van der Waals surface area contributed by atoms with Crippen molar-refractivity contribution in [2.45, 2.75) is 13.8 Å². The van der Waals surface area contributed by atoms with E-state index in [1.165, 1.54) is 22.9 Å².